The highest BCUT2D eigenvalue weighted by atomic mass is 79.9. The minimum Gasteiger partial charge on any atom is -0.261 e. The average Bonchev–Trinajstić information content (AvgIpc) is 2.40. The third-order valence-electron chi connectivity index (χ3n) is 2.69. The molecule has 0 unspecified atom stereocenters. The molecule has 0 bridgehead atoms. The molecule has 0 N–H and O–H groups in total. The first-order valence-electron chi connectivity index (χ1n) is 5.78. The van der Waals surface area contributed by atoms with Gasteiger partial charge in [-0.15, -0.1) is 0 Å². The van der Waals surface area contributed by atoms with Crippen LogP contribution in [0.4, 0.5) is 0 Å². The van der Waals surface area contributed by atoms with E-state index in [1.165, 1.54) is 12.1 Å². The van der Waals surface area contributed by atoms with Gasteiger partial charge >= 0.3 is 0 Å². The molecular formula is C14H12BrClO3S. The van der Waals surface area contributed by atoms with Crippen LogP contribution in [-0.4, -0.2) is 8.42 Å². The molecule has 0 aliphatic heterocycles. The predicted octanol–water partition coefficient (Wildman–Crippen LogP) is 4.32. The van der Waals surface area contributed by atoms with Crippen LogP contribution in [0.25, 0.3) is 0 Å². The molecule has 0 amide bonds. The number of hydrogen-bond acceptors (Lipinski definition) is 3. The Kier molecular flexibility index (Phi) is 4.86. The van der Waals surface area contributed by atoms with Crippen molar-refractivity contribution in [1.82, 2.24) is 0 Å². The predicted molar refractivity (Wildman–Crippen MR) is 82.3 cm³/mol. The van der Waals surface area contributed by atoms with Gasteiger partial charge in [0.25, 0.3) is 10.1 Å². The molecule has 0 radical (unpaired) electrons. The second-order valence-corrected chi connectivity index (χ2v) is 7.20. The van der Waals surface area contributed by atoms with Gasteiger partial charge in [0.05, 0.1) is 11.5 Å². The molecule has 0 aliphatic rings. The minimum atomic E-state index is -3.78. The lowest BCUT2D eigenvalue weighted by atomic mass is 10.2. The first-order chi connectivity index (χ1) is 9.38. The highest BCUT2D eigenvalue weighted by molar-refractivity contribution is 9.10. The first-order valence-corrected chi connectivity index (χ1v) is 8.36. The smallest absolute Gasteiger partial charge is 0.261 e. The van der Waals surface area contributed by atoms with Crippen molar-refractivity contribution in [2.75, 3.05) is 0 Å². The second-order valence-electron chi connectivity index (χ2n) is 4.27. The number of hydrogen-bond donors (Lipinski definition) is 0. The zero-order valence-electron chi connectivity index (χ0n) is 10.6. The van der Waals surface area contributed by atoms with E-state index in [1.807, 2.05) is 6.92 Å². The van der Waals surface area contributed by atoms with Crippen LogP contribution >= 0.6 is 27.5 Å². The summed E-state index contributed by atoms with van der Waals surface area (Å²) < 4.78 is 29.9. The molecule has 0 spiro atoms. The fourth-order valence-electron chi connectivity index (χ4n) is 1.57. The van der Waals surface area contributed by atoms with Gasteiger partial charge in [0.15, 0.2) is 0 Å². The average molecular weight is 376 g/mol. The molecule has 0 saturated carbocycles. The molecular weight excluding hydrogens is 364 g/mol. The van der Waals surface area contributed by atoms with Crippen LogP contribution in [0.3, 0.4) is 0 Å². The first kappa shape index (κ1) is 15.5. The minimum absolute atomic E-state index is 0.103. The zero-order chi connectivity index (χ0) is 14.8. The SMILES string of the molecule is Cc1ccc(S(=O)(=O)OCc2cc(Br)ccc2Cl)cc1. The van der Waals surface area contributed by atoms with Crippen LogP contribution in [0.5, 0.6) is 0 Å². The molecule has 0 heterocycles. The van der Waals surface area contributed by atoms with Crippen molar-refractivity contribution in [2.24, 2.45) is 0 Å². The number of rotatable bonds is 4. The van der Waals surface area contributed by atoms with E-state index in [1.54, 1.807) is 30.3 Å². The van der Waals surface area contributed by atoms with Gasteiger partial charge in [-0.05, 0) is 42.8 Å². The second kappa shape index (κ2) is 6.26. The van der Waals surface area contributed by atoms with E-state index in [4.69, 9.17) is 15.8 Å². The van der Waals surface area contributed by atoms with Gasteiger partial charge in [0.1, 0.15) is 0 Å². The molecule has 0 atom stereocenters. The number of aryl methyl sites for hydroxylation is 1. The van der Waals surface area contributed by atoms with Crippen molar-refractivity contribution in [1.29, 1.82) is 0 Å². The summed E-state index contributed by atoms with van der Waals surface area (Å²) in [6, 6.07) is 11.7. The lowest BCUT2D eigenvalue weighted by molar-refractivity contribution is 0.308. The quantitative estimate of drug-likeness (QED) is 0.748. The Balaban J connectivity index is 2.17. The molecule has 20 heavy (non-hydrogen) atoms. The van der Waals surface area contributed by atoms with E-state index in [0.717, 1.165) is 10.0 Å². The summed E-state index contributed by atoms with van der Waals surface area (Å²) in [5.74, 6) is 0. The lowest BCUT2D eigenvalue weighted by Crippen LogP contribution is -2.06. The van der Waals surface area contributed by atoms with Gasteiger partial charge in [-0.25, -0.2) is 0 Å². The summed E-state index contributed by atoms with van der Waals surface area (Å²) in [7, 11) is -3.78. The van der Waals surface area contributed by atoms with E-state index in [-0.39, 0.29) is 11.5 Å². The topological polar surface area (TPSA) is 43.4 Å². The van der Waals surface area contributed by atoms with Gasteiger partial charge in [-0.3, -0.25) is 4.18 Å². The van der Waals surface area contributed by atoms with Gasteiger partial charge in [0.2, 0.25) is 0 Å². The largest absolute Gasteiger partial charge is 0.297 e. The van der Waals surface area contributed by atoms with Crippen LogP contribution in [0.15, 0.2) is 51.8 Å². The molecule has 0 saturated heterocycles. The number of benzene rings is 2. The molecule has 106 valence electrons. The molecule has 0 fully saturated rings. The van der Waals surface area contributed by atoms with E-state index in [0.29, 0.717) is 10.6 Å². The van der Waals surface area contributed by atoms with E-state index < -0.39 is 10.1 Å². The molecule has 6 heteroatoms. The molecule has 2 aromatic carbocycles. The fourth-order valence-corrected chi connectivity index (χ4v) is 3.04. The highest BCUT2D eigenvalue weighted by Crippen LogP contribution is 2.23. The van der Waals surface area contributed by atoms with Gasteiger partial charge < -0.3 is 0 Å². The maximum Gasteiger partial charge on any atom is 0.297 e. The van der Waals surface area contributed by atoms with Crippen molar-refractivity contribution in [3.05, 3.63) is 63.1 Å². The van der Waals surface area contributed by atoms with E-state index >= 15 is 0 Å². The van der Waals surface area contributed by atoms with Crippen molar-refractivity contribution < 1.29 is 12.6 Å². The number of halogens is 2. The van der Waals surface area contributed by atoms with Crippen molar-refractivity contribution >= 4 is 37.6 Å². The summed E-state index contributed by atoms with van der Waals surface area (Å²) in [4.78, 5) is 0.134. The van der Waals surface area contributed by atoms with Crippen LogP contribution in [0.2, 0.25) is 5.02 Å². The zero-order valence-corrected chi connectivity index (χ0v) is 13.8. The summed E-state index contributed by atoms with van der Waals surface area (Å²) in [5, 5.41) is 0.465. The van der Waals surface area contributed by atoms with Crippen molar-refractivity contribution in [2.45, 2.75) is 18.4 Å². The molecule has 2 rings (SSSR count). The standard InChI is InChI=1S/C14H12BrClO3S/c1-10-2-5-13(6-3-10)20(17,18)19-9-11-8-12(15)4-7-14(11)16/h2-8H,9H2,1H3. The van der Waals surface area contributed by atoms with Crippen LogP contribution in [0, 0.1) is 6.92 Å². The van der Waals surface area contributed by atoms with Gasteiger partial charge in [-0.2, -0.15) is 8.42 Å². The Morgan fingerprint density at radius 1 is 1.15 bits per heavy atom. The summed E-state index contributed by atoms with van der Waals surface area (Å²) in [5.41, 5.74) is 1.59. The highest BCUT2D eigenvalue weighted by Gasteiger charge is 2.15. The summed E-state index contributed by atoms with van der Waals surface area (Å²) in [6.07, 6.45) is 0. The van der Waals surface area contributed by atoms with Crippen molar-refractivity contribution in [3.8, 4) is 0 Å². The Hall–Kier alpha value is -0.880. The summed E-state index contributed by atoms with van der Waals surface area (Å²) in [6.45, 7) is 1.78. The maximum absolute atomic E-state index is 12.0. The lowest BCUT2D eigenvalue weighted by Gasteiger charge is -2.08. The van der Waals surface area contributed by atoms with Crippen LogP contribution < -0.4 is 0 Å². The third-order valence-corrected chi connectivity index (χ3v) is 4.83. The summed E-state index contributed by atoms with van der Waals surface area (Å²) >= 11 is 9.30. The molecule has 2 aromatic rings. The van der Waals surface area contributed by atoms with E-state index in [2.05, 4.69) is 15.9 Å². The Bertz CT molecular complexity index is 712. The normalized spacial score (nSPS) is 11.6. The van der Waals surface area contributed by atoms with Crippen molar-refractivity contribution in [3.63, 3.8) is 0 Å². The molecule has 0 aliphatic carbocycles. The van der Waals surface area contributed by atoms with Crippen LogP contribution in [-0.2, 0) is 20.9 Å². The monoisotopic (exact) mass is 374 g/mol. The van der Waals surface area contributed by atoms with Crippen LogP contribution in [0.1, 0.15) is 11.1 Å². The Labute approximate surface area is 131 Å². The molecule has 0 aromatic heterocycles. The Morgan fingerprint density at radius 2 is 1.80 bits per heavy atom. The fraction of sp³-hybridized carbons (Fsp3) is 0.143. The van der Waals surface area contributed by atoms with E-state index in [9.17, 15) is 8.42 Å². The maximum atomic E-state index is 12.0. The Morgan fingerprint density at radius 3 is 2.45 bits per heavy atom. The molecule has 3 nitrogen and oxygen atoms in total. The van der Waals surface area contributed by atoms with Gasteiger partial charge in [0, 0.05) is 9.50 Å². The third kappa shape index (κ3) is 3.82. The van der Waals surface area contributed by atoms with Gasteiger partial charge in [-0.1, -0.05) is 45.2 Å².